The lowest BCUT2D eigenvalue weighted by Crippen LogP contribution is -2.36. The number of nitrogens with one attached hydrogen (secondary N) is 1. The summed E-state index contributed by atoms with van der Waals surface area (Å²) in [7, 11) is 0. The third kappa shape index (κ3) is 2.76. The maximum Gasteiger partial charge on any atom is 0.441 e. The van der Waals surface area contributed by atoms with Crippen LogP contribution in [0.25, 0.3) is 11.6 Å². The van der Waals surface area contributed by atoms with Gasteiger partial charge >= 0.3 is 5.76 Å². The number of para-hydroxylation sites is 1. The van der Waals surface area contributed by atoms with Crippen molar-refractivity contribution in [1.82, 2.24) is 14.9 Å². The molecule has 1 atom stereocenters. The number of carbonyl (C=O) groups excluding carboxylic acids is 1. The van der Waals surface area contributed by atoms with E-state index in [0.717, 1.165) is 17.7 Å². The summed E-state index contributed by atoms with van der Waals surface area (Å²) in [5.74, 6) is 0.762. The molecule has 1 amide bonds. The minimum absolute atomic E-state index is 0.0585. The minimum atomic E-state index is -0.664. The summed E-state index contributed by atoms with van der Waals surface area (Å²) < 4.78 is 12.3. The summed E-state index contributed by atoms with van der Waals surface area (Å²) in [6.07, 6.45) is 2.40. The summed E-state index contributed by atoms with van der Waals surface area (Å²) in [5, 5.41) is 2.86. The fraction of sp³-hybridized carbons (Fsp3) is 0.235. The molecule has 0 saturated heterocycles. The minimum Gasteiger partial charge on any atom is -0.488 e. The van der Waals surface area contributed by atoms with Gasteiger partial charge in [-0.3, -0.25) is 4.79 Å². The standard InChI is InChI=1S/C17H15N3O4/c21-15(10-20-7-3-6-14-16(20)19-17(22)24-14)18-9-12-8-11-4-1-2-5-13(11)23-12/h1-7,12H,8-10H2,(H,18,21)/t12-/m1/s1. The van der Waals surface area contributed by atoms with Crippen molar-refractivity contribution in [3.8, 4) is 17.3 Å². The van der Waals surface area contributed by atoms with E-state index in [4.69, 9.17) is 9.15 Å². The summed E-state index contributed by atoms with van der Waals surface area (Å²) >= 11 is 0. The van der Waals surface area contributed by atoms with Crippen LogP contribution in [-0.2, 0) is 17.8 Å². The van der Waals surface area contributed by atoms with Crippen molar-refractivity contribution in [2.45, 2.75) is 19.1 Å². The topological polar surface area (TPSA) is 86.4 Å². The van der Waals surface area contributed by atoms with Crippen molar-refractivity contribution in [2.24, 2.45) is 0 Å². The lowest BCUT2D eigenvalue weighted by Gasteiger charge is -2.13. The Morgan fingerprint density at radius 3 is 3.04 bits per heavy atom. The smallest absolute Gasteiger partial charge is 0.441 e. The van der Waals surface area contributed by atoms with Gasteiger partial charge in [0.2, 0.25) is 5.91 Å². The Hall–Kier alpha value is -3.09. The Morgan fingerprint density at radius 1 is 1.29 bits per heavy atom. The van der Waals surface area contributed by atoms with Gasteiger partial charge in [-0.05, 0) is 23.8 Å². The van der Waals surface area contributed by atoms with Crippen LogP contribution >= 0.6 is 0 Å². The number of pyridine rings is 1. The fourth-order valence-corrected chi connectivity index (χ4v) is 2.86. The zero-order valence-electron chi connectivity index (χ0n) is 12.8. The van der Waals surface area contributed by atoms with E-state index in [9.17, 15) is 9.59 Å². The number of amides is 1. The molecule has 0 unspecified atom stereocenters. The molecule has 7 nitrogen and oxygen atoms in total. The summed E-state index contributed by atoms with van der Waals surface area (Å²) in [6, 6.07) is 11.2. The Bertz CT molecular complexity index is 889. The van der Waals surface area contributed by atoms with Gasteiger partial charge in [0.15, 0.2) is 11.6 Å². The molecule has 1 N–H and O–H groups in total. The molecule has 0 radical (unpaired) electrons. The number of hydrogen-bond donors (Lipinski definition) is 1. The van der Waals surface area contributed by atoms with Crippen molar-refractivity contribution >= 4 is 5.91 Å². The number of oxazole rings is 1. The number of fused-ring (bicyclic) bond motifs is 2. The van der Waals surface area contributed by atoms with Gasteiger partial charge < -0.3 is 19.0 Å². The Labute approximate surface area is 137 Å². The zero-order valence-corrected chi connectivity index (χ0v) is 12.8. The second-order valence-electron chi connectivity index (χ2n) is 5.66. The molecule has 1 aromatic carbocycles. The van der Waals surface area contributed by atoms with Gasteiger partial charge in [0.25, 0.3) is 0 Å². The maximum absolute atomic E-state index is 12.2. The van der Waals surface area contributed by atoms with Crippen LogP contribution in [0.15, 0.2) is 51.8 Å². The highest BCUT2D eigenvalue weighted by atomic mass is 16.5. The lowest BCUT2D eigenvalue weighted by molar-refractivity contribution is -0.122. The first-order valence-corrected chi connectivity index (χ1v) is 7.66. The number of ether oxygens (including phenoxy) is 1. The third-order valence-electron chi connectivity index (χ3n) is 3.96. The largest absolute Gasteiger partial charge is 0.488 e. The molecule has 122 valence electrons. The summed E-state index contributed by atoms with van der Waals surface area (Å²) in [6.45, 7) is 0.485. The highest BCUT2D eigenvalue weighted by Crippen LogP contribution is 2.27. The Kier molecular flexibility index (Phi) is 3.53. The van der Waals surface area contributed by atoms with Crippen LogP contribution in [0.1, 0.15) is 5.56 Å². The number of benzene rings is 1. The first-order chi connectivity index (χ1) is 11.7. The molecular weight excluding hydrogens is 310 g/mol. The van der Waals surface area contributed by atoms with Crippen molar-refractivity contribution in [3.05, 3.63) is 58.7 Å². The monoisotopic (exact) mass is 325 g/mol. The average molecular weight is 325 g/mol. The van der Waals surface area contributed by atoms with Crippen molar-refractivity contribution < 1.29 is 13.9 Å². The van der Waals surface area contributed by atoms with E-state index in [1.54, 1.807) is 22.9 Å². The average Bonchev–Trinajstić information content (AvgIpc) is 3.15. The molecule has 0 saturated carbocycles. The molecule has 0 aliphatic carbocycles. The molecule has 3 aliphatic heterocycles. The Morgan fingerprint density at radius 2 is 2.17 bits per heavy atom. The normalized spacial score (nSPS) is 15.9. The van der Waals surface area contributed by atoms with Crippen molar-refractivity contribution in [3.63, 3.8) is 0 Å². The SMILES string of the molecule is O=C(Cn1cccc2oc(=O)nc1-2)NC[C@H]1Cc2ccccc2O1. The molecule has 0 aromatic heterocycles. The molecule has 0 spiro atoms. The van der Waals surface area contributed by atoms with Gasteiger partial charge in [-0.15, -0.1) is 0 Å². The van der Waals surface area contributed by atoms with Crippen LogP contribution in [0.2, 0.25) is 0 Å². The van der Waals surface area contributed by atoms with E-state index in [1.807, 2.05) is 24.3 Å². The molecule has 1 aromatic rings. The van der Waals surface area contributed by atoms with Gasteiger partial charge in [-0.25, -0.2) is 4.79 Å². The second-order valence-corrected chi connectivity index (χ2v) is 5.66. The molecule has 7 heteroatoms. The number of rotatable bonds is 4. The molecule has 3 heterocycles. The van der Waals surface area contributed by atoms with Gasteiger partial charge in [0.05, 0.1) is 6.54 Å². The number of hydrogen-bond acceptors (Lipinski definition) is 5. The number of aromatic nitrogens is 2. The van der Waals surface area contributed by atoms with Crippen molar-refractivity contribution in [2.75, 3.05) is 6.54 Å². The molecular formula is C17H15N3O4. The second kappa shape index (κ2) is 5.84. The maximum atomic E-state index is 12.2. The highest BCUT2D eigenvalue weighted by molar-refractivity contribution is 5.76. The molecule has 4 rings (SSSR count). The first kappa shape index (κ1) is 14.5. The Balaban J connectivity index is 1.37. The fourth-order valence-electron chi connectivity index (χ4n) is 2.86. The van der Waals surface area contributed by atoms with Gasteiger partial charge in [-0.2, -0.15) is 4.98 Å². The first-order valence-electron chi connectivity index (χ1n) is 7.66. The van der Waals surface area contributed by atoms with Crippen LogP contribution in [0.4, 0.5) is 0 Å². The van der Waals surface area contributed by atoms with E-state index in [-0.39, 0.29) is 18.6 Å². The molecule has 3 aliphatic rings. The van der Waals surface area contributed by atoms with E-state index in [0.29, 0.717) is 18.1 Å². The zero-order chi connectivity index (χ0) is 16.5. The molecule has 24 heavy (non-hydrogen) atoms. The lowest BCUT2D eigenvalue weighted by atomic mass is 10.1. The number of nitrogens with zero attached hydrogens (tertiary/aromatic N) is 2. The van der Waals surface area contributed by atoms with Crippen molar-refractivity contribution in [1.29, 1.82) is 0 Å². The van der Waals surface area contributed by atoms with Gasteiger partial charge in [0, 0.05) is 12.6 Å². The van der Waals surface area contributed by atoms with Crippen LogP contribution in [0.3, 0.4) is 0 Å². The predicted molar refractivity (Wildman–Crippen MR) is 85.0 cm³/mol. The van der Waals surface area contributed by atoms with Crippen LogP contribution in [-0.4, -0.2) is 28.1 Å². The summed E-state index contributed by atoms with van der Waals surface area (Å²) in [5.41, 5.74) is 1.15. The quantitative estimate of drug-likeness (QED) is 0.775. The van der Waals surface area contributed by atoms with Crippen LogP contribution in [0.5, 0.6) is 5.75 Å². The van der Waals surface area contributed by atoms with E-state index in [1.165, 1.54) is 0 Å². The summed E-state index contributed by atoms with van der Waals surface area (Å²) in [4.78, 5) is 27.2. The van der Waals surface area contributed by atoms with Crippen LogP contribution < -0.4 is 15.8 Å². The predicted octanol–water partition coefficient (Wildman–Crippen LogP) is 1.06. The van der Waals surface area contributed by atoms with Crippen LogP contribution in [0, 0.1) is 0 Å². The number of carbonyl (C=O) groups is 1. The molecule has 0 fully saturated rings. The highest BCUT2D eigenvalue weighted by Gasteiger charge is 2.23. The van der Waals surface area contributed by atoms with E-state index >= 15 is 0 Å². The molecule has 0 bridgehead atoms. The van der Waals surface area contributed by atoms with E-state index in [2.05, 4.69) is 10.3 Å². The van der Waals surface area contributed by atoms with Gasteiger partial charge in [0.1, 0.15) is 18.4 Å². The third-order valence-corrected chi connectivity index (χ3v) is 3.96. The van der Waals surface area contributed by atoms with Gasteiger partial charge in [-0.1, -0.05) is 18.2 Å². The van der Waals surface area contributed by atoms with E-state index < -0.39 is 5.76 Å².